The summed E-state index contributed by atoms with van der Waals surface area (Å²) < 4.78 is 18.9. The van der Waals surface area contributed by atoms with Crippen molar-refractivity contribution in [1.29, 1.82) is 0 Å². The van der Waals surface area contributed by atoms with Gasteiger partial charge in [-0.15, -0.1) is 0 Å². The lowest BCUT2D eigenvalue weighted by Gasteiger charge is -2.20. The first-order valence-electron chi connectivity index (χ1n) is 6.87. The Hall–Kier alpha value is -2.64. The number of benzene rings is 1. The number of rotatable bonds is 4. The number of likely N-dealkylation sites (tertiary alicyclic amines) is 1. The van der Waals surface area contributed by atoms with Gasteiger partial charge >= 0.3 is 11.9 Å². The molecule has 0 spiro atoms. The second-order valence-corrected chi connectivity index (χ2v) is 5.96. The Morgan fingerprint density at radius 2 is 1.74 bits per heavy atom. The van der Waals surface area contributed by atoms with E-state index in [2.05, 4.69) is 0 Å². The third-order valence-corrected chi connectivity index (χ3v) is 4.83. The SMILES string of the molecule is COc1ccc(C(=O)N2C[C@@]3(C(=O)O)C[C@@]3(C(=O)O)C2)c(F)c1. The predicted octanol–water partition coefficient (Wildman–Crippen LogP) is 0.836. The van der Waals surface area contributed by atoms with Gasteiger partial charge in [0, 0.05) is 19.2 Å². The standard InChI is InChI=1S/C15H14FNO6/c1-23-8-2-3-9(10(16)4-8)11(18)17-6-14(12(19)20)5-15(14,7-17)13(21)22/h2-4H,5-7H2,1H3,(H,19,20)(H,21,22)/t14-,15+. The van der Waals surface area contributed by atoms with Gasteiger partial charge in [-0.2, -0.15) is 0 Å². The van der Waals surface area contributed by atoms with E-state index in [0.29, 0.717) is 0 Å². The number of ether oxygens (including phenoxy) is 1. The van der Waals surface area contributed by atoms with Gasteiger partial charge in [0.05, 0.1) is 12.7 Å². The molecule has 0 aromatic heterocycles. The molecule has 23 heavy (non-hydrogen) atoms. The molecule has 7 nitrogen and oxygen atoms in total. The number of carboxylic acids is 2. The van der Waals surface area contributed by atoms with E-state index in [4.69, 9.17) is 4.74 Å². The van der Waals surface area contributed by atoms with Gasteiger partial charge in [-0.3, -0.25) is 14.4 Å². The number of halogens is 1. The molecule has 2 fully saturated rings. The van der Waals surface area contributed by atoms with Crippen LogP contribution >= 0.6 is 0 Å². The molecule has 122 valence electrons. The molecule has 2 atom stereocenters. The molecule has 2 N–H and O–H groups in total. The Morgan fingerprint density at radius 1 is 1.17 bits per heavy atom. The molecule has 1 amide bonds. The maximum Gasteiger partial charge on any atom is 0.312 e. The van der Waals surface area contributed by atoms with Gasteiger partial charge in [0.25, 0.3) is 5.91 Å². The lowest BCUT2D eigenvalue weighted by atomic mass is 9.97. The van der Waals surface area contributed by atoms with Gasteiger partial charge in [-0.1, -0.05) is 0 Å². The minimum absolute atomic E-state index is 0.0143. The van der Waals surface area contributed by atoms with Crippen molar-refractivity contribution < 1.29 is 33.7 Å². The summed E-state index contributed by atoms with van der Waals surface area (Å²) in [6.45, 7) is -0.474. The Kier molecular flexibility index (Phi) is 3.10. The Labute approximate surface area is 130 Å². The van der Waals surface area contributed by atoms with Crippen LogP contribution < -0.4 is 4.74 Å². The fourth-order valence-corrected chi connectivity index (χ4v) is 3.40. The van der Waals surface area contributed by atoms with Gasteiger partial charge in [-0.05, 0) is 18.6 Å². The number of piperidine rings is 1. The Morgan fingerprint density at radius 3 is 2.17 bits per heavy atom. The maximum absolute atomic E-state index is 14.0. The topological polar surface area (TPSA) is 104 Å². The molecule has 1 aliphatic carbocycles. The van der Waals surface area contributed by atoms with Crippen molar-refractivity contribution in [3.8, 4) is 5.75 Å². The molecule has 1 aromatic rings. The molecule has 1 saturated carbocycles. The summed E-state index contributed by atoms with van der Waals surface area (Å²) in [6.07, 6.45) is -0.0143. The molecule has 1 saturated heterocycles. The number of carbonyl (C=O) groups is 3. The van der Waals surface area contributed by atoms with Crippen LogP contribution in [-0.2, 0) is 9.59 Å². The number of carbonyl (C=O) groups excluding carboxylic acids is 1. The van der Waals surface area contributed by atoms with Gasteiger partial charge in [0.1, 0.15) is 22.4 Å². The summed E-state index contributed by atoms with van der Waals surface area (Å²) in [5, 5.41) is 18.7. The van der Waals surface area contributed by atoms with E-state index in [1.165, 1.54) is 19.2 Å². The maximum atomic E-state index is 14.0. The molecule has 1 aliphatic heterocycles. The van der Waals surface area contributed by atoms with Crippen LogP contribution in [0.3, 0.4) is 0 Å². The first-order valence-corrected chi connectivity index (χ1v) is 6.87. The number of carboxylic acid groups (broad SMARTS) is 2. The van der Waals surface area contributed by atoms with Crippen molar-refractivity contribution in [2.24, 2.45) is 10.8 Å². The van der Waals surface area contributed by atoms with Crippen molar-refractivity contribution in [2.45, 2.75) is 6.42 Å². The fraction of sp³-hybridized carbons (Fsp3) is 0.400. The van der Waals surface area contributed by atoms with E-state index >= 15 is 0 Å². The number of nitrogens with zero attached hydrogens (tertiary/aromatic N) is 1. The lowest BCUT2D eigenvalue weighted by molar-refractivity contribution is -0.151. The number of fused-ring (bicyclic) bond motifs is 1. The Balaban J connectivity index is 1.89. The highest BCUT2D eigenvalue weighted by molar-refractivity contribution is 6.00. The van der Waals surface area contributed by atoms with Crippen molar-refractivity contribution in [3.63, 3.8) is 0 Å². The zero-order valence-corrected chi connectivity index (χ0v) is 12.2. The molecule has 0 radical (unpaired) electrons. The van der Waals surface area contributed by atoms with E-state index in [1.54, 1.807) is 0 Å². The monoisotopic (exact) mass is 323 g/mol. The molecule has 1 aromatic carbocycles. The van der Waals surface area contributed by atoms with Gasteiger partial charge < -0.3 is 19.8 Å². The van der Waals surface area contributed by atoms with Crippen molar-refractivity contribution >= 4 is 17.8 Å². The number of aliphatic carboxylic acids is 2. The highest BCUT2D eigenvalue weighted by Gasteiger charge is 2.81. The Bertz CT molecular complexity index is 707. The molecular formula is C15H14FNO6. The second kappa shape index (κ2) is 4.68. The summed E-state index contributed by atoms with van der Waals surface area (Å²) in [5.74, 6) is -3.77. The van der Waals surface area contributed by atoms with E-state index in [9.17, 15) is 29.0 Å². The smallest absolute Gasteiger partial charge is 0.312 e. The molecule has 0 unspecified atom stereocenters. The van der Waals surface area contributed by atoms with Crippen LogP contribution in [-0.4, -0.2) is 53.2 Å². The summed E-state index contributed by atoms with van der Waals surface area (Å²) in [5.41, 5.74) is -3.19. The zero-order chi connectivity index (χ0) is 17.0. The highest BCUT2D eigenvalue weighted by Crippen LogP contribution is 2.68. The second-order valence-electron chi connectivity index (χ2n) is 5.96. The molecular weight excluding hydrogens is 309 g/mol. The minimum atomic E-state index is -1.47. The average molecular weight is 323 g/mol. The van der Waals surface area contributed by atoms with E-state index in [1.807, 2.05) is 0 Å². The number of amides is 1. The molecule has 0 bridgehead atoms. The third kappa shape index (κ3) is 1.90. The molecule has 2 aliphatic rings. The van der Waals surface area contributed by atoms with Gasteiger partial charge in [0.2, 0.25) is 0 Å². The van der Waals surface area contributed by atoms with Crippen LogP contribution in [0.15, 0.2) is 18.2 Å². The predicted molar refractivity (Wildman–Crippen MR) is 73.6 cm³/mol. The largest absolute Gasteiger partial charge is 0.497 e. The third-order valence-electron chi connectivity index (χ3n) is 4.83. The van der Waals surface area contributed by atoms with Crippen LogP contribution in [0.2, 0.25) is 0 Å². The number of hydrogen-bond acceptors (Lipinski definition) is 4. The summed E-state index contributed by atoms with van der Waals surface area (Å²) in [4.78, 5) is 36.4. The first-order chi connectivity index (χ1) is 10.8. The molecule has 3 rings (SSSR count). The van der Waals surface area contributed by atoms with Crippen LogP contribution in [0.4, 0.5) is 4.39 Å². The quantitative estimate of drug-likeness (QED) is 0.851. The fourth-order valence-electron chi connectivity index (χ4n) is 3.40. The van der Waals surface area contributed by atoms with Gasteiger partial charge in [0.15, 0.2) is 0 Å². The van der Waals surface area contributed by atoms with Crippen molar-refractivity contribution in [2.75, 3.05) is 20.2 Å². The number of methoxy groups -OCH3 is 1. The van der Waals surface area contributed by atoms with E-state index < -0.39 is 34.5 Å². The van der Waals surface area contributed by atoms with Crippen LogP contribution in [0.25, 0.3) is 0 Å². The first kappa shape index (κ1) is 15.3. The van der Waals surface area contributed by atoms with Crippen molar-refractivity contribution in [1.82, 2.24) is 4.90 Å². The van der Waals surface area contributed by atoms with E-state index in [0.717, 1.165) is 11.0 Å². The molecule has 1 heterocycles. The van der Waals surface area contributed by atoms with Crippen LogP contribution in [0.1, 0.15) is 16.8 Å². The lowest BCUT2D eigenvalue weighted by Crippen LogP contribution is -2.35. The minimum Gasteiger partial charge on any atom is -0.497 e. The van der Waals surface area contributed by atoms with Crippen molar-refractivity contribution in [3.05, 3.63) is 29.6 Å². The van der Waals surface area contributed by atoms with Crippen LogP contribution in [0, 0.1) is 16.6 Å². The summed E-state index contributed by atoms with van der Waals surface area (Å²) >= 11 is 0. The van der Waals surface area contributed by atoms with Crippen LogP contribution in [0.5, 0.6) is 5.75 Å². The normalized spacial score (nSPS) is 28.2. The zero-order valence-electron chi connectivity index (χ0n) is 12.2. The van der Waals surface area contributed by atoms with E-state index in [-0.39, 0.29) is 30.8 Å². The average Bonchev–Trinajstić information content (AvgIpc) is 3.05. The van der Waals surface area contributed by atoms with Gasteiger partial charge in [-0.25, -0.2) is 4.39 Å². The molecule has 8 heteroatoms. The number of hydrogen-bond donors (Lipinski definition) is 2. The highest BCUT2D eigenvalue weighted by atomic mass is 19.1. The summed E-state index contributed by atoms with van der Waals surface area (Å²) in [7, 11) is 1.36. The summed E-state index contributed by atoms with van der Waals surface area (Å²) in [6, 6.07) is 3.69.